The van der Waals surface area contributed by atoms with Crippen LogP contribution in [0, 0.1) is 12.8 Å². The van der Waals surface area contributed by atoms with Crippen molar-refractivity contribution in [3.8, 4) is 0 Å². The third kappa shape index (κ3) is 3.96. The lowest BCUT2D eigenvalue weighted by molar-refractivity contribution is -0.130. The van der Waals surface area contributed by atoms with E-state index >= 15 is 0 Å². The lowest BCUT2D eigenvalue weighted by Crippen LogP contribution is -2.41. The monoisotopic (exact) mass is 324 g/mol. The standard InChI is InChI=1S/C15H21BrN2O/c1-11-4-3-7-18(10-11)15(19)9-17-13-5-6-14(16)12(2)8-13/h5-6,8,11,17H,3-4,7,9-10H2,1-2H3. The Morgan fingerprint density at radius 3 is 3.00 bits per heavy atom. The van der Waals surface area contributed by atoms with Crippen LogP contribution in [0.15, 0.2) is 22.7 Å². The molecule has 1 heterocycles. The molecule has 1 unspecified atom stereocenters. The minimum Gasteiger partial charge on any atom is -0.376 e. The largest absolute Gasteiger partial charge is 0.376 e. The van der Waals surface area contributed by atoms with Crippen LogP contribution in [0.3, 0.4) is 0 Å². The molecule has 4 heteroatoms. The van der Waals surface area contributed by atoms with Gasteiger partial charge in [-0.15, -0.1) is 0 Å². The number of likely N-dealkylation sites (tertiary alicyclic amines) is 1. The highest BCUT2D eigenvalue weighted by molar-refractivity contribution is 9.10. The minimum atomic E-state index is 0.201. The van der Waals surface area contributed by atoms with Crippen LogP contribution in [0.2, 0.25) is 0 Å². The number of halogens is 1. The Kier molecular flexibility index (Phi) is 4.86. The summed E-state index contributed by atoms with van der Waals surface area (Å²) in [4.78, 5) is 14.1. The van der Waals surface area contributed by atoms with Gasteiger partial charge in [0.25, 0.3) is 0 Å². The van der Waals surface area contributed by atoms with Crippen molar-refractivity contribution in [1.82, 2.24) is 4.90 Å². The molecular weight excluding hydrogens is 304 g/mol. The van der Waals surface area contributed by atoms with Crippen LogP contribution in [-0.4, -0.2) is 30.4 Å². The van der Waals surface area contributed by atoms with Gasteiger partial charge in [0.05, 0.1) is 6.54 Å². The Balaban J connectivity index is 1.87. The van der Waals surface area contributed by atoms with Crippen molar-refractivity contribution in [2.75, 3.05) is 25.0 Å². The van der Waals surface area contributed by atoms with Crippen molar-refractivity contribution in [1.29, 1.82) is 0 Å². The Hall–Kier alpha value is -1.03. The van der Waals surface area contributed by atoms with Gasteiger partial charge >= 0.3 is 0 Å². The Bertz CT molecular complexity index is 461. The summed E-state index contributed by atoms with van der Waals surface area (Å²) in [6.07, 6.45) is 2.37. The molecule has 3 nitrogen and oxygen atoms in total. The first-order chi connectivity index (χ1) is 9.06. The van der Waals surface area contributed by atoms with E-state index in [9.17, 15) is 4.79 Å². The van der Waals surface area contributed by atoms with Gasteiger partial charge in [-0.25, -0.2) is 0 Å². The average Bonchev–Trinajstić information content (AvgIpc) is 2.40. The van der Waals surface area contributed by atoms with Crippen LogP contribution >= 0.6 is 15.9 Å². The maximum atomic E-state index is 12.1. The third-order valence-electron chi connectivity index (χ3n) is 3.61. The summed E-state index contributed by atoms with van der Waals surface area (Å²) < 4.78 is 1.09. The second-order valence-electron chi connectivity index (χ2n) is 5.40. The van der Waals surface area contributed by atoms with E-state index in [-0.39, 0.29) is 5.91 Å². The lowest BCUT2D eigenvalue weighted by atomic mass is 10.0. The van der Waals surface area contributed by atoms with Gasteiger partial charge in [0, 0.05) is 23.2 Å². The highest BCUT2D eigenvalue weighted by Gasteiger charge is 2.20. The van der Waals surface area contributed by atoms with E-state index in [2.05, 4.69) is 34.2 Å². The Labute approximate surface area is 123 Å². The molecule has 104 valence electrons. The molecule has 1 aliphatic rings. The quantitative estimate of drug-likeness (QED) is 0.923. The van der Waals surface area contributed by atoms with E-state index in [1.165, 1.54) is 12.0 Å². The molecule has 0 saturated carbocycles. The topological polar surface area (TPSA) is 32.3 Å². The molecule has 1 atom stereocenters. The average molecular weight is 325 g/mol. The summed E-state index contributed by atoms with van der Waals surface area (Å²) in [6, 6.07) is 6.05. The zero-order valence-corrected chi connectivity index (χ0v) is 13.2. The van der Waals surface area contributed by atoms with Crippen molar-refractivity contribution in [2.45, 2.75) is 26.7 Å². The number of hydrogen-bond donors (Lipinski definition) is 1. The fraction of sp³-hybridized carbons (Fsp3) is 0.533. The van der Waals surface area contributed by atoms with Crippen molar-refractivity contribution >= 4 is 27.5 Å². The van der Waals surface area contributed by atoms with Crippen LogP contribution < -0.4 is 5.32 Å². The Morgan fingerprint density at radius 2 is 2.32 bits per heavy atom. The van der Waals surface area contributed by atoms with Gasteiger partial charge in [0.15, 0.2) is 0 Å². The van der Waals surface area contributed by atoms with Gasteiger partial charge in [-0.1, -0.05) is 22.9 Å². The normalized spacial score (nSPS) is 19.3. The number of benzene rings is 1. The molecule has 1 aromatic rings. The molecule has 1 aromatic carbocycles. The van der Waals surface area contributed by atoms with Crippen LogP contribution in [-0.2, 0) is 4.79 Å². The summed E-state index contributed by atoms with van der Waals surface area (Å²) in [6.45, 7) is 6.45. The molecular formula is C15H21BrN2O. The molecule has 1 amide bonds. The first-order valence-electron chi connectivity index (χ1n) is 6.84. The van der Waals surface area contributed by atoms with Crippen molar-refractivity contribution in [3.05, 3.63) is 28.2 Å². The molecule has 0 aliphatic carbocycles. The minimum absolute atomic E-state index is 0.201. The highest BCUT2D eigenvalue weighted by Crippen LogP contribution is 2.20. The molecule has 19 heavy (non-hydrogen) atoms. The van der Waals surface area contributed by atoms with Gasteiger partial charge in [-0.3, -0.25) is 4.79 Å². The maximum absolute atomic E-state index is 12.1. The third-order valence-corrected chi connectivity index (χ3v) is 4.50. The SMILES string of the molecule is Cc1cc(NCC(=O)N2CCCC(C)C2)ccc1Br. The van der Waals surface area contributed by atoms with Crippen LogP contribution in [0.25, 0.3) is 0 Å². The lowest BCUT2D eigenvalue weighted by Gasteiger charge is -2.31. The van der Waals surface area contributed by atoms with E-state index < -0.39 is 0 Å². The molecule has 1 aliphatic heterocycles. The van der Waals surface area contributed by atoms with E-state index in [0.717, 1.165) is 29.7 Å². The zero-order valence-electron chi connectivity index (χ0n) is 11.6. The number of amides is 1. The zero-order chi connectivity index (χ0) is 13.8. The fourth-order valence-electron chi connectivity index (χ4n) is 2.46. The number of nitrogens with one attached hydrogen (secondary N) is 1. The molecule has 0 bridgehead atoms. The molecule has 0 spiro atoms. The number of rotatable bonds is 3. The predicted octanol–water partition coefficient (Wildman–Crippen LogP) is 3.43. The van der Waals surface area contributed by atoms with Crippen molar-refractivity contribution in [3.63, 3.8) is 0 Å². The molecule has 2 rings (SSSR count). The number of nitrogens with zero attached hydrogens (tertiary/aromatic N) is 1. The number of carbonyl (C=O) groups excluding carboxylic acids is 1. The van der Waals surface area contributed by atoms with Crippen LogP contribution in [0.1, 0.15) is 25.3 Å². The van der Waals surface area contributed by atoms with Gasteiger partial charge < -0.3 is 10.2 Å². The van der Waals surface area contributed by atoms with E-state index in [0.29, 0.717) is 12.5 Å². The van der Waals surface area contributed by atoms with Crippen molar-refractivity contribution < 1.29 is 4.79 Å². The fourth-order valence-corrected chi connectivity index (χ4v) is 2.71. The van der Waals surface area contributed by atoms with Crippen LogP contribution in [0.5, 0.6) is 0 Å². The van der Waals surface area contributed by atoms with Crippen LogP contribution in [0.4, 0.5) is 5.69 Å². The summed E-state index contributed by atoms with van der Waals surface area (Å²) in [5.74, 6) is 0.833. The number of anilines is 1. The number of aryl methyl sites for hydroxylation is 1. The molecule has 1 saturated heterocycles. The molecule has 0 radical (unpaired) electrons. The summed E-state index contributed by atoms with van der Waals surface area (Å²) >= 11 is 3.48. The predicted molar refractivity (Wildman–Crippen MR) is 82.3 cm³/mol. The Morgan fingerprint density at radius 1 is 1.53 bits per heavy atom. The second-order valence-corrected chi connectivity index (χ2v) is 6.26. The smallest absolute Gasteiger partial charge is 0.241 e. The summed E-state index contributed by atoms with van der Waals surface area (Å²) in [5.41, 5.74) is 2.17. The first kappa shape index (κ1) is 14.4. The van der Waals surface area contributed by atoms with Gasteiger partial charge in [0.2, 0.25) is 5.91 Å². The first-order valence-corrected chi connectivity index (χ1v) is 7.63. The summed E-state index contributed by atoms with van der Waals surface area (Å²) in [5, 5.41) is 3.21. The molecule has 1 N–H and O–H groups in total. The van der Waals surface area contributed by atoms with E-state index in [1.54, 1.807) is 0 Å². The van der Waals surface area contributed by atoms with E-state index in [1.807, 2.05) is 24.0 Å². The highest BCUT2D eigenvalue weighted by atomic mass is 79.9. The number of hydrogen-bond acceptors (Lipinski definition) is 2. The van der Waals surface area contributed by atoms with E-state index in [4.69, 9.17) is 0 Å². The van der Waals surface area contributed by atoms with Gasteiger partial charge in [-0.2, -0.15) is 0 Å². The van der Waals surface area contributed by atoms with Gasteiger partial charge in [-0.05, 0) is 49.4 Å². The second kappa shape index (κ2) is 6.42. The van der Waals surface area contributed by atoms with Crippen molar-refractivity contribution in [2.24, 2.45) is 5.92 Å². The molecule has 0 aromatic heterocycles. The number of carbonyl (C=O) groups is 1. The number of piperidine rings is 1. The maximum Gasteiger partial charge on any atom is 0.241 e. The summed E-state index contributed by atoms with van der Waals surface area (Å²) in [7, 11) is 0. The molecule has 1 fully saturated rings. The van der Waals surface area contributed by atoms with Gasteiger partial charge in [0.1, 0.15) is 0 Å².